The van der Waals surface area contributed by atoms with E-state index in [-0.39, 0.29) is 11.4 Å². The number of hydrogen-bond donors (Lipinski definition) is 1. The third-order valence-electron chi connectivity index (χ3n) is 5.45. The maximum Gasteiger partial charge on any atom is 0.271 e. The molecule has 5 aromatic rings. The normalized spacial score (nSPS) is 10.7. The molecule has 0 atom stereocenters. The average molecular weight is 518 g/mol. The Morgan fingerprint density at radius 1 is 0.757 bits per heavy atom. The van der Waals surface area contributed by atoms with Gasteiger partial charge in [-0.15, -0.1) is 0 Å². The predicted molar refractivity (Wildman–Crippen MR) is 141 cm³/mol. The topological polar surface area (TPSA) is 150 Å². The van der Waals surface area contributed by atoms with Crippen molar-refractivity contribution in [3.63, 3.8) is 0 Å². The summed E-state index contributed by atoms with van der Waals surface area (Å²) in [5.74, 6) is 1.10. The summed E-state index contributed by atoms with van der Waals surface area (Å²) in [5, 5.41) is 26.2. The first-order chi connectivity index (χ1) is 17.7. The van der Waals surface area contributed by atoms with Crippen molar-refractivity contribution in [1.82, 2.24) is 19.9 Å². The van der Waals surface area contributed by atoms with Crippen LogP contribution in [0, 0.1) is 20.2 Å². The van der Waals surface area contributed by atoms with Gasteiger partial charge in [-0.05, 0) is 35.7 Å². The molecule has 2 heterocycles. The summed E-state index contributed by atoms with van der Waals surface area (Å²) in [4.78, 5) is 36.4. The van der Waals surface area contributed by atoms with Crippen LogP contribution in [-0.4, -0.2) is 29.8 Å². The molecule has 186 valence electrons. The fraction of sp³-hybridized carbons (Fsp3) is 0.120. The minimum absolute atomic E-state index is 0.00716. The van der Waals surface area contributed by atoms with E-state index in [4.69, 9.17) is 11.6 Å². The molecule has 11 nitrogen and oxygen atoms in total. The Morgan fingerprint density at radius 2 is 1.30 bits per heavy atom. The van der Waals surface area contributed by atoms with E-state index in [2.05, 4.69) is 51.2 Å². The van der Waals surface area contributed by atoms with Crippen molar-refractivity contribution >= 4 is 56.3 Å². The standard InChI is InChI=1S/C17H16N4O2.C8H4ClN3O2/c1-11(2)12-3-5-13(6-4-12)20-17-15-8-7-14(21(22)23)9-16(15)18-10-19-17;9-8-6-2-1-5(12(13)14)3-7(6)10-4-11-8/h3-11H,1-2H3,(H,18,19,20);1-4H. The number of rotatable bonds is 5. The molecule has 3 aromatic carbocycles. The smallest absolute Gasteiger partial charge is 0.271 e. The molecule has 0 aliphatic rings. The number of nitro groups is 2. The third-order valence-corrected chi connectivity index (χ3v) is 5.75. The molecule has 0 saturated carbocycles. The highest BCUT2D eigenvalue weighted by molar-refractivity contribution is 6.34. The number of benzene rings is 3. The highest BCUT2D eigenvalue weighted by Crippen LogP contribution is 2.27. The quantitative estimate of drug-likeness (QED) is 0.154. The molecule has 0 unspecified atom stereocenters. The summed E-state index contributed by atoms with van der Waals surface area (Å²) in [6, 6.07) is 17.0. The van der Waals surface area contributed by atoms with Crippen molar-refractivity contribution < 1.29 is 9.85 Å². The van der Waals surface area contributed by atoms with Crippen molar-refractivity contribution in [2.24, 2.45) is 0 Å². The molecule has 5 rings (SSSR count). The van der Waals surface area contributed by atoms with Crippen LogP contribution < -0.4 is 5.32 Å². The largest absolute Gasteiger partial charge is 0.340 e. The van der Waals surface area contributed by atoms with Crippen LogP contribution >= 0.6 is 11.6 Å². The van der Waals surface area contributed by atoms with Crippen LogP contribution in [0.25, 0.3) is 21.8 Å². The second-order valence-corrected chi connectivity index (χ2v) is 8.56. The van der Waals surface area contributed by atoms with E-state index in [1.165, 1.54) is 48.5 Å². The molecule has 0 fully saturated rings. The zero-order chi connectivity index (χ0) is 26.5. The maximum absolute atomic E-state index is 10.9. The van der Waals surface area contributed by atoms with E-state index >= 15 is 0 Å². The number of nitro benzene ring substituents is 2. The molecule has 0 radical (unpaired) electrons. The summed E-state index contributed by atoms with van der Waals surface area (Å²) < 4.78 is 0. The van der Waals surface area contributed by atoms with E-state index in [0.717, 1.165) is 11.1 Å². The molecular formula is C25H20ClN7O4. The van der Waals surface area contributed by atoms with E-state index in [1.807, 2.05) is 12.1 Å². The predicted octanol–water partition coefficient (Wildman–Crippen LogP) is 6.60. The van der Waals surface area contributed by atoms with Gasteiger partial charge in [-0.2, -0.15) is 0 Å². The Balaban J connectivity index is 0.000000195. The molecule has 0 saturated heterocycles. The second-order valence-electron chi connectivity index (χ2n) is 8.21. The lowest BCUT2D eigenvalue weighted by Gasteiger charge is -2.10. The number of nitrogens with one attached hydrogen (secondary N) is 1. The van der Waals surface area contributed by atoms with Crippen LogP contribution in [0.1, 0.15) is 25.3 Å². The van der Waals surface area contributed by atoms with Gasteiger partial charge in [0.25, 0.3) is 11.4 Å². The van der Waals surface area contributed by atoms with Gasteiger partial charge in [0, 0.05) is 40.7 Å². The molecule has 12 heteroatoms. The second kappa shape index (κ2) is 10.9. The van der Waals surface area contributed by atoms with E-state index < -0.39 is 9.85 Å². The molecule has 0 aliphatic heterocycles. The first-order valence-corrected chi connectivity index (χ1v) is 11.4. The number of non-ortho nitro benzene ring substituents is 2. The Morgan fingerprint density at radius 3 is 1.86 bits per heavy atom. The van der Waals surface area contributed by atoms with Gasteiger partial charge < -0.3 is 5.32 Å². The first-order valence-electron chi connectivity index (χ1n) is 11.0. The lowest BCUT2D eigenvalue weighted by Crippen LogP contribution is -1.97. The summed E-state index contributed by atoms with van der Waals surface area (Å²) in [5.41, 5.74) is 3.19. The van der Waals surface area contributed by atoms with Crippen LogP contribution in [0.15, 0.2) is 73.3 Å². The summed E-state index contributed by atoms with van der Waals surface area (Å²) in [7, 11) is 0. The minimum Gasteiger partial charge on any atom is -0.340 e. The number of hydrogen-bond acceptors (Lipinski definition) is 9. The molecule has 0 spiro atoms. The van der Waals surface area contributed by atoms with Gasteiger partial charge in [0.15, 0.2) is 0 Å². The molecule has 37 heavy (non-hydrogen) atoms. The van der Waals surface area contributed by atoms with Gasteiger partial charge in [0.2, 0.25) is 0 Å². The number of aromatic nitrogens is 4. The Hall–Kier alpha value is -4.77. The molecule has 2 aromatic heterocycles. The van der Waals surface area contributed by atoms with Gasteiger partial charge in [0.05, 0.1) is 20.9 Å². The number of fused-ring (bicyclic) bond motifs is 2. The highest BCUT2D eigenvalue weighted by atomic mass is 35.5. The zero-order valence-electron chi connectivity index (χ0n) is 19.7. The van der Waals surface area contributed by atoms with Crippen LogP contribution in [0.3, 0.4) is 0 Å². The van der Waals surface area contributed by atoms with Crippen LogP contribution in [-0.2, 0) is 0 Å². The van der Waals surface area contributed by atoms with Crippen LogP contribution in [0.4, 0.5) is 22.9 Å². The van der Waals surface area contributed by atoms with Crippen LogP contribution in [0.2, 0.25) is 5.15 Å². The summed E-state index contributed by atoms with van der Waals surface area (Å²) in [6.07, 6.45) is 2.67. The molecule has 0 bridgehead atoms. The van der Waals surface area contributed by atoms with Gasteiger partial charge in [0.1, 0.15) is 23.6 Å². The monoisotopic (exact) mass is 517 g/mol. The van der Waals surface area contributed by atoms with Crippen molar-refractivity contribution in [2.75, 3.05) is 5.32 Å². The van der Waals surface area contributed by atoms with E-state index in [1.54, 1.807) is 6.07 Å². The van der Waals surface area contributed by atoms with Crippen molar-refractivity contribution in [3.05, 3.63) is 104 Å². The maximum atomic E-state index is 10.9. The van der Waals surface area contributed by atoms with Gasteiger partial charge >= 0.3 is 0 Å². The van der Waals surface area contributed by atoms with Crippen molar-refractivity contribution in [2.45, 2.75) is 19.8 Å². The Labute approximate surface area is 215 Å². The lowest BCUT2D eigenvalue weighted by molar-refractivity contribution is -0.384. The van der Waals surface area contributed by atoms with E-state index in [0.29, 0.717) is 33.3 Å². The minimum atomic E-state index is -0.477. The molecule has 0 amide bonds. The Kier molecular flexibility index (Phi) is 7.44. The molecule has 0 aliphatic carbocycles. The third kappa shape index (κ3) is 5.90. The van der Waals surface area contributed by atoms with E-state index in [9.17, 15) is 20.2 Å². The lowest BCUT2D eigenvalue weighted by atomic mass is 10.0. The van der Waals surface area contributed by atoms with Crippen LogP contribution in [0.5, 0.6) is 0 Å². The van der Waals surface area contributed by atoms with Gasteiger partial charge in [-0.3, -0.25) is 20.2 Å². The average Bonchev–Trinajstić information content (AvgIpc) is 2.89. The Bertz CT molecular complexity index is 1610. The summed E-state index contributed by atoms with van der Waals surface area (Å²) >= 11 is 5.77. The SMILES string of the molecule is CC(C)c1ccc(Nc2ncnc3cc([N+](=O)[O-])ccc23)cc1.O=[N+]([O-])c1ccc2c(Cl)ncnc2c1. The van der Waals surface area contributed by atoms with Gasteiger partial charge in [-0.1, -0.05) is 37.6 Å². The number of halogens is 1. The summed E-state index contributed by atoms with van der Waals surface area (Å²) in [6.45, 7) is 4.29. The highest BCUT2D eigenvalue weighted by Gasteiger charge is 2.11. The zero-order valence-corrected chi connectivity index (χ0v) is 20.5. The number of nitrogens with zero attached hydrogens (tertiary/aromatic N) is 6. The van der Waals surface area contributed by atoms with Crippen molar-refractivity contribution in [3.8, 4) is 0 Å². The fourth-order valence-electron chi connectivity index (χ4n) is 3.47. The molecular weight excluding hydrogens is 498 g/mol. The number of anilines is 2. The van der Waals surface area contributed by atoms with Gasteiger partial charge in [-0.25, -0.2) is 19.9 Å². The molecule has 1 N–H and O–H groups in total. The first kappa shape index (κ1) is 25.3. The fourth-order valence-corrected chi connectivity index (χ4v) is 3.68. The van der Waals surface area contributed by atoms with Crippen molar-refractivity contribution in [1.29, 1.82) is 0 Å².